The zero-order valence-electron chi connectivity index (χ0n) is 8.66. The van der Waals surface area contributed by atoms with Crippen molar-refractivity contribution in [2.75, 3.05) is 19.0 Å². The number of hydrogen-bond donors (Lipinski definition) is 1. The van der Waals surface area contributed by atoms with Crippen molar-refractivity contribution in [1.29, 1.82) is 0 Å². The first kappa shape index (κ1) is 10.1. The Labute approximate surface area is 78.9 Å². The highest BCUT2D eigenvalue weighted by Gasteiger charge is 2.05. The summed E-state index contributed by atoms with van der Waals surface area (Å²) in [6.07, 6.45) is 0. The van der Waals surface area contributed by atoms with E-state index >= 15 is 0 Å². The third-order valence-corrected chi connectivity index (χ3v) is 1.81. The first-order chi connectivity index (χ1) is 6.13. The van der Waals surface area contributed by atoms with Gasteiger partial charge in [-0.1, -0.05) is 0 Å². The normalized spacial score (nSPS) is 12.9. The smallest absolute Gasteiger partial charge is 0.124 e. The van der Waals surface area contributed by atoms with Crippen LogP contribution in [0.25, 0.3) is 0 Å². The SMILES string of the molecule is COCC(C)Nc1cc(C)nn1C. The van der Waals surface area contributed by atoms with E-state index in [2.05, 4.69) is 17.3 Å². The van der Waals surface area contributed by atoms with Crippen LogP contribution in [0.15, 0.2) is 6.07 Å². The van der Waals surface area contributed by atoms with Crippen LogP contribution < -0.4 is 5.32 Å². The highest BCUT2D eigenvalue weighted by molar-refractivity contribution is 5.37. The summed E-state index contributed by atoms with van der Waals surface area (Å²) in [5.41, 5.74) is 1.02. The lowest BCUT2D eigenvalue weighted by molar-refractivity contribution is 0.190. The third kappa shape index (κ3) is 2.73. The molecule has 1 unspecified atom stereocenters. The maximum absolute atomic E-state index is 5.03. The van der Waals surface area contributed by atoms with Crippen LogP contribution in [0, 0.1) is 6.92 Å². The van der Waals surface area contributed by atoms with Crippen LogP contribution in [-0.4, -0.2) is 29.5 Å². The van der Waals surface area contributed by atoms with Crippen LogP contribution in [0.5, 0.6) is 0 Å². The van der Waals surface area contributed by atoms with Gasteiger partial charge >= 0.3 is 0 Å². The van der Waals surface area contributed by atoms with Crippen molar-refractivity contribution in [2.45, 2.75) is 19.9 Å². The molecule has 0 aliphatic rings. The Bertz CT molecular complexity index is 270. The van der Waals surface area contributed by atoms with E-state index in [0.717, 1.165) is 11.5 Å². The minimum Gasteiger partial charge on any atom is -0.383 e. The summed E-state index contributed by atoms with van der Waals surface area (Å²) in [7, 11) is 3.63. The molecule has 0 saturated heterocycles. The van der Waals surface area contributed by atoms with Crippen molar-refractivity contribution in [2.24, 2.45) is 7.05 Å². The standard InChI is InChI=1S/C9H17N3O/c1-7-5-9(12(3)11-7)10-8(2)6-13-4/h5,8,10H,6H2,1-4H3. The molecule has 4 heteroatoms. The number of anilines is 1. The fraction of sp³-hybridized carbons (Fsp3) is 0.667. The molecule has 0 aliphatic heterocycles. The molecule has 0 amide bonds. The van der Waals surface area contributed by atoms with Gasteiger partial charge in [-0.05, 0) is 13.8 Å². The maximum Gasteiger partial charge on any atom is 0.124 e. The quantitative estimate of drug-likeness (QED) is 0.761. The molecule has 0 aliphatic carbocycles. The van der Waals surface area contributed by atoms with Crippen LogP contribution >= 0.6 is 0 Å². The topological polar surface area (TPSA) is 39.1 Å². The molecule has 0 spiro atoms. The Hall–Kier alpha value is -1.03. The molecule has 1 aromatic heterocycles. The zero-order chi connectivity index (χ0) is 9.84. The van der Waals surface area contributed by atoms with Crippen LogP contribution in [-0.2, 0) is 11.8 Å². The highest BCUT2D eigenvalue weighted by Crippen LogP contribution is 2.09. The molecule has 74 valence electrons. The van der Waals surface area contributed by atoms with E-state index in [4.69, 9.17) is 4.74 Å². The number of aromatic nitrogens is 2. The summed E-state index contributed by atoms with van der Waals surface area (Å²) >= 11 is 0. The van der Waals surface area contributed by atoms with Gasteiger partial charge in [0.05, 0.1) is 12.3 Å². The van der Waals surface area contributed by atoms with E-state index in [9.17, 15) is 0 Å². The lowest BCUT2D eigenvalue weighted by Crippen LogP contribution is -2.22. The predicted octanol–water partition coefficient (Wildman–Crippen LogP) is 1.18. The van der Waals surface area contributed by atoms with Crippen molar-refractivity contribution in [3.05, 3.63) is 11.8 Å². The summed E-state index contributed by atoms with van der Waals surface area (Å²) in [6.45, 7) is 4.75. The second kappa shape index (κ2) is 4.28. The van der Waals surface area contributed by atoms with Gasteiger partial charge in [0.15, 0.2) is 0 Å². The highest BCUT2D eigenvalue weighted by atomic mass is 16.5. The Balaban J connectivity index is 2.57. The lowest BCUT2D eigenvalue weighted by atomic mass is 10.3. The fourth-order valence-corrected chi connectivity index (χ4v) is 1.29. The number of methoxy groups -OCH3 is 1. The van der Waals surface area contributed by atoms with Crippen LogP contribution in [0.1, 0.15) is 12.6 Å². The molecular weight excluding hydrogens is 166 g/mol. The molecule has 0 bridgehead atoms. The molecule has 4 nitrogen and oxygen atoms in total. The zero-order valence-corrected chi connectivity index (χ0v) is 8.66. The molecule has 0 radical (unpaired) electrons. The first-order valence-corrected chi connectivity index (χ1v) is 4.39. The van der Waals surface area contributed by atoms with Gasteiger partial charge in [0.25, 0.3) is 0 Å². The number of hydrogen-bond acceptors (Lipinski definition) is 3. The average Bonchev–Trinajstić information content (AvgIpc) is 2.30. The maximum atomic E-state index is 5.03. The molecule has 1 N–H and O–H groups in total. The predicted molar refractivity (Wildman–Crippen MR) is 52.9 cm³/mol. The molecule has 1 heterocycles. The van der Waals surface area contributed by atoms with Gasteiger partial charge in [-0.15, -0.1) is 0 Å². The van der Waals surface area contributed by atoms with E-state index in [1.807, 2.05) is 24.7 Å². The van der Waals surface area contributed by atoms with Crippen molar-refractivity contribution in [3.63, 3.8) is 0 Å². The first-order valence-electron chi connectivity index (χ1n) is 4.39. The van der Waals surface area contributed by atoms with E-state index in [1.165, 1.54) is 0 Å². The summed E-state index contributed by atoms with van der Waals surface area (Å²) in [4.78, 5) is 0. The molecule has 0 saturated carbocycles. The van der Waals surface area contributed by atoms with E-state index < -0.39 is 0 Å². The summed E-state index contributed by atoms with van der Waals surface area (Å²) in [5.74, 6) is 1.03. The Morgan fingerprint density at radius 2 is 2.38 bits per heavy atom. The van der Waals surface area contributed by atoms with E-state index in [-0.39, 0.29) is 0 Å². The monoisotopic (exact) mass is 183 g/mol. The Kier molecular flexibility index (Phi) is 3.31. The third-order valence-electron chi connectivity index (χ3n) is 1.81. The largest absolute Gasteiger partial charge is 0.383 e. The number of nitrogens with one attached hydrogen (secondary N) is 1. The van der Waals surface area contributed by atoms with Gasteiger partial charge in [-0.25, -0.2) is 0 Å². The van der Waals surface area contributed by atoms with Gasteiger partial charge in [0.1, 0.15) is 5.82 Å². The van der Waals surface area contributed by atoms with Crippen LogP contribution in [0.3, 0.4) is 0 Å². The van der Waals surface area contributed by atoms with E-state index in [0.29, 0.717) is 12.6 Å². The average molecular weight is 183 g/mol. The van der Waals surface area contributed by atoms with Crippen molar-refractivity contribution >= 4 is 5.82 Å². The summed E-state index contributed by atoms with van der Waals surface area (Å²) in [6, 6.07) is 2.33. The number of ether oxygens (including phenoxy) is 1. The van der Waals surface area contributed by atoms with Crippen molar-refractivity contribution in [3.8, 4) is 0 Å². The molecular formula is C9H17N3O. The van der Waals surface area contributed by atoms with Gasteiger partial charge in [-0.2, -0.15) is 5.10 Å². The minimum absolute atomic E-state index is 0.305. The lowest BCUT2D eigenvalue weighted by Gasteiger charge is -2.13. The summed E-state index contributed by atoms with van der Waals surface area (Å²) in [5, 5.41) is 7.54. The summed E-state index contributed by atoms with van der Waals surface area (Å²) < 4.78 is 6.87. The number of rotatable bonds is 4. The van der Waals surface area contributed by atoms with Gasteiger partial charge in [-0.3, -0.25) is 4.68 Å². The molecule has 0 fully saturated rings. The second-order valence-corrected chi connectivity index (χ2v) is 3.30. The minimum atomic E-state index is 0.305. The Morgan fingerprint density at radius 3 is 2.85 bits per heavy atom. The molecule has 0 aromatic carbocycles. The molecule has 1 atom stereocenters. The molecule has 13 heavy (non-hydrogen) atoms. The fourth-order valence-electron chi connectivity index (χ4n) is 1.29. The van der Waals surface area contributed by atoms with Crippen LogP contribution in [0.4, 0.5) is 5.82 Å². The second-order valence-electron chi connectivity index (χ2n) is 3.30. The van der Waals surface area contributed by atoms with Gasteiger partial charge < -0.3 is 10.1 Å². The number of nitrogens with zero attached hydrogens (tertiary/aromatic N) is 2. The van der Waals surface area contributed by atoms with E-state index in [1.54, 1.807) is 7.11 Å². The molecule has 1 rings (SSSR count). The van der Waals surface area contributed by atoms with Crippen molar-refractivity contribution < 1.29 is 4.74 Å². The Morgan fingerprint density at radius 1 is 1.69 bits per heavy atom. The van der Waals surface area contributed by atoms with Gasteiger partial charge in [0.2, 0.25) is 0 Å². The number of aryl methyl sites for hydroxylation is 2. The van der Waals surface area contributed by atoms with Gasteiger partial charge in [0, 0.05) is 26.3 Å². The van der Waals surface area contributed by atoms with Crippen molar-refractivity contribution in [1.82, 2.24) is 9.78 Å². The molecule has 1 aromatic rings. The van der Waals surface area contributed by atoms with Crippen LogP contribution in [0.2, 0.25) is 0 Å².